The summed E-state index contributed by atoms with van der Waals surface area (Å²) in [6.45, 7) is 4.96. The lowest BCUT2D eigenvalue weighted by Gasteiger charge is -2.18. The highest BCUT2D eigenvalue weighted by atomic mass is 32.2. The van der Waals surface area contributed by atoms with E-state index in [0.717, 1.165) is 38.5 Å². The number of hydrogen-bond donors (Lipinski definition) is 2. The second-order valence-corrected chi connectivity index (χ2v) is 16.7. The van der Waals surface area contributed by atoms with E-state index < -0.39 is 40.8 Å². The van der Waals surface area contributed by atoms with Crippen LogP contribution < -0.4 is 0 Å². The lowest BCUT2D eigenvalue weighted by atomic mass is 10.0. The van der Waals surface area contributed by atoms with E-state index in [1.807, 2.05) is 0 Å². The number of carboxylic acid groups (broad SMARTS) is 2. The molecule has 2 atom stereocenters. The van der Waals surface area contributed by atoms with Gasteiger partial charge in [0.25, 0.3) is 0 Å². The Bertz CT molecular complexity index is 866. The third-order valence-corrected chi connectivity index (χ3v) is 11.5. The van der Waals surface area contributed by atoms with Crippen molar-refractivity contribution < 1.29 is 38.9 Å². The summed E-state index contributed by atoms with van der Waals surface area (Å²) in [5, 5.41) is 16.2. The molecule has 0 bridgehead atoms. The van der Waals surface area contributed by atoms with Gasteiger partial charge in [-0.2, -0.15) is 0 Å². The number of unbranched alkanes of at least 4 members (excludes halogenated alkanes) is 30. The first-order valence-corrected chi connectivity index (χ1v) is 23.2. The van der Waals surface area contributed by atoms with Crippen LogP contribution in [0.2, 0.25) is 0 Å². The molecule has 0 saturated carbocycles. The number of thioether (sulfide) groups is 1. The zero-order chi connectivity index (χ0) is 39.0. The van der Waals surface area contributed by atoms with Gasteiger partial charge >= 0.3 is 23.9 Å². The fourth-order valence-corrected chi connectivity index (χ4v) is 7.86. The summed E-state index contributed by atoms with van der Waals surface area (Å²) in [5.41, 5.74) is 0. The molecule has 0 aliphatic carbocycles. The van der Waals surface area contributed by atoms with E-state index in [-0.39, 0.29) is 19.6 Å². The Morgan fingerprint density at radius 2 is 0.717 bits per heavy atom. The molecule has 0 saturated heterocycles. The first-order chi connectivity index (χ1) is 25.8. The molecule has 0 amide bonds. The molecule has 9 heteroatoms. The number of aliphatic carboxylic acids is 2. The zero-order valence-electron chi connectivity index (χ0n) is 34.4. The van der Waals surface area contributed by atoms with Crippen molar-refractivity contribution in [2.45, 2.75) is 243 Å². The fraction of sp³-hybridized carbons (Fsp3) is 0.909. The van der Waals surface area contributed by atoms with Gasteiger partial charge in [0.15, 0.2) is 0 Å². The smallest absolute Gasteiger partial charge is 0.319 e. The van der Waals surface area contributed by atoms with E-state index >= 15 is 0 Å². The van der Waals surface area contributed by atoms with Crippen LogP contribution in [0.3, 0.4) is 0 Å². The molecule has 0 aliphatic heterocycles. The molecule has 0 rings (SSSR count). The maximum Gasteiger partial charge on any atom is 0.319 e. The summed E-state index contributed by atoms with van der Waals surface area (Å²) in [6, 6.07) is 0. The van der Waals surface area contributed by atoms with Gasteiger partial charge < -0.3 is 19.7 Å². The molecule has 0 radical (unpaired) electrons. The molecule has 0 aromatic carbocycles. The Labute approximate surface area is 329 Å². The quantitative estimate of drug-likeness (QED) is 0.0460. The molecule has 0 fully saturated rings. The summed E-state index contributed by atoms with van der Waals surface area (Å²) in [4.78, 5) is 48.5. The van der Waals surface area contributed by atoms with Crippen LogP contribution in [0, 0.1) is 0 Å². The number of hydrogen-bond acceptors (Lipinski definition) is 7. The van der Waals surface area contributed by atoms with Crippen LogP contribution >= 0.6 is 11.8 Å². The Kier molecular flexibility index (Phi) is 38.6. The van der Waals surface area contributed by atoms with Crippen molar-refractivity contribution in [2.75, 3.05) is 13.2 Å². The molecule has 0 aromatic rings. The molecule has 8 nitrogen and oxygen atoms in total. The lowest BCUT2D eigenvalue weighted by Crippen LogP contribution is -2.31. The average molecular weight is 771 g/mol. The Hall–Kier alpha value is -1.77. The van der Waals surface area contributed by atoms with Gasteiger partial charge in [-0.05, 0) is 12.8 Å². The highest BCUT2D eigenvalue weighted by Crippen LogP contribution is 2.26. The monoisotopic (exact) mass is 771 g/mol. The fourth-order valence-electron chi connectivity index (χ4n) is 6.70. The van der Waals surface area contributed by atoms with Crippen LogP contribution in [-0.4, -0.2) is 57.8 Å². The van der Waals surface area contributed by atoms with Crippen LogP contribution in [0.4, 0.5) is 0 Å². The SMILES string of the molecule is CCCCCCCCCCCCCCCCCCOC(=O)CC(SC(CC(=O)O)C(=O)O)C(=O)OCCCCCCCCCCCCCCCCCC. The Morgan fingerprint density at radius 3 is 1.02 bits per heavy atom. The molecule has 2 N–H and O–H groups in total. The summed E-state index contributed by atoms with van der Waals surface area (Å²) >= 11 is 0.661. The third-order valence-electron chi connectivity index (χ3n) is 10.1. The van der Waals surface area contributed by atoms with E-state index in [1.165, 1.54) is 161 Å². The van der Waals surface area contributed by atoms with Gasteiger partial charge in [-0.25, -0.2) is 0 Å². The van der Waals surface area contributed by atoms with Crippen molar-refractivity contribution in [1.82, 2.24) is 0 Å². The lowest BCUT2D eigenvalue weighted by molar-refractivity contribution is -0.150. The summed E-state index contributed by atoms with van der Waals surface area (Å²) in [5.74, 6) is -3.90. The third kappa shape index (κ3) is 37.0. The van der Waals surface area contributed by atoms with Gasteiger partial charge in [0, 0.05) is 0 Å². The van der Waals surface area contributed by atoms with Crippen molar-refractivity contribution >= 4 is 35.6 Å². The number of carbonyl (C=O) groups excluding carboxylic acids is 2. The number of esters is 2. The van der Waals surface area contributed by atoms with Gasteiger partial charge in [0.2, 0.25) is 0 Å². The minimum Gasteiger partial charge on any atom is -0.481 e. The van der Waals surface area contributed by atoms with Gasteiger partial charge in [0.1, 0.15) is 10.5 Å². The molecule has 0 spiro atoms. The summed E-state index contributed by atoms with van der Waals surface area (Å²) in [7, 11) is 0. The van der Waals surface area contributed by atoms with Crippen molar-refractivity contribution in [2.24, 2.45) is 0 Å². The highest BCUT2D eigenvalue weighted by Gasteiger charge is 2.32. The van der Waals surface area contributed by atoms with Crippen LogP contribution in [-0.2, 0) is 28.7 Å². The van der Waals surface area contributed by atoms with Gasteiger partial charge in [-0.3, -0.25) is 19.2 Å². The molecule has 0 heterocycles. The molecule has 0 aromatic heterocycles. The summed E-state index contributed by atoms with van der Waals surface area (Å²) in [6.07, 6.45) is 39.0. The van der Waals surface area contributed by atoms with Gasteiger partial charge in [-0.1, -0.05) is 206 Å². The molecular weight excluding hydrogens is 689 g/mol. The van der Waals surface area contributed by atoms with Gasteiger partial charge in [-0.15, -0.1) is 11.8 Å². The first kappa shape index (κ1) is 51.2. The van der Waals surface area contributed by atoms with Crippen molar-refractivity contribution in [1.29, 1.82) is 0 Å². The minimum absolute atomic E-state index is 0.194. The molecule has 2 unspecified atom stereocenters. The zero-order valence-corrected chi connectivity index (χ0v) is 35.2. The van der Waals surface area contributed by atoms with Crippen LogP contribution in [0.1, 0.15) is 232 Å². The molecular formula is C44H82O8S. The standard InChI is InChI=1S/C44H82O8S/c1-3-5-7-9-11-13-15-17-19-21-23-25-27-29-31-33-35-51-42(47)38-40(53-39(43(48)49)37-41(45)46)44(50)52-36-34-32-30-28-26-24-22-20-18-16-14-12-10-8-6-4-2/h39-40H,3-38H2,1-2H3,(H,45,46)(H,48,49). The van der Waals surface area contributed by atoms with Crippen molar-refractivity contribution in [3.8, 4) is 0 Å². The van der Waals surface area contributed by atoms with Crippen molar-refractivity contribution in [3.63, 3.8) is 0 Å². The van der Waals surface area contributed by atoms with E-state index in [2.05, 4.69) is 13.8 Å². The normalized spacial score (nSPS) is 12.4. The summed E-state index contributed by atoms with van der Waals surface area (Å²) < 4.78 is 10.8. The predicted molar refractivity (Wildman–Crippen MR) is 221 cm³/mol. The average Bonchev–Trinajstić information content (AvgIpc) is 3.13. The highest BCUT2D eigenvalue weighted by molar-refractivity contribution is 8.01. The van der Waals surface area contributed by atoms with E-state index in [9.17, 15) is 24.3 Å². The molecule has 53 heavy (non-hydrogen) atoms. The second-order valence-electron chi connectivity index (χ2n) is 15.2. The Morgan fingerprint density at radius 1 is 0.415 bits per heavy atom. The molecule has 312 valence electrons. The van der Waals surface area contributed by atoms with E-state index in [4.69, 9.17) is 14.6 Å². The maximum absolute atomic E-state index is 12.9. The van der Waals surface area contributed by atoms with Gasteiger partial charge in [0.05, 0.1) is 26.1 Å². The second kappa shape index (κ2) is 39.9. The van der Waals surface area contributed by atoms with E-state index in [0.29, 0.717) is 18.2 Å². The van der Waals surface area contributed by atoms with Crippen molar-refractivity contribution in [3.05, 3.63) is 0 Å². The molecule has 0 aliphatic rings. The number of rotatable bonds is 42. The number of carboxylic acids is 2. The maximum atomic E-state index is 12.9. The Balaban J connectivity index is 4.15. The van der Waals surface area contributed by atoms with Crippen LogP contribution in [0.5, 0.6) is 0 Å². The minimum atomic E-state index is -1.37. The topological polar surface area (TPSA) is 127 Å². The van der Waals surface area contributed by atoms with Crippen LogP contribution in [0.15, 0.2) is 0 Å². The first-order valence-electron chi connectivity index (χ1n) is 22.2. The van der Waals surface area contributed by atoms with E-state index in [1.54, 1.807) is 0 Å². The number of carbonyl (C=O) groups is 4. The van der Waals surface area contributed by atoms with Crippen LogP contribution in [0.25, 0.3) is 0 Å². The predicted octanol–water partition coefficient (Wildman–Crippen LogP) is 13.0. The number of ether oxygens (including phenoxy) is 2. The largest absolute Gasteiger partial charge is 0.481 e.